The van der Waals surface area contributed by atoms with E-state index in [0.717, 1.165) is 5.56 Å². The summed E-state index contributed by atoms with van der Waals surface area (Å²) in [6.07, 6.45) is 6.53. The van der Waals surface area contributed by atoms with Gasteiger partial charge >= 0.3 is 5.97 Å². The molecule has 2 fully saturated rings. The topological polar surface area (TPSA) is 79.7 Å². The van der Waals surface area contributed by atoms with E-state index < -0.39 is 29.5 Å². The number of hydrogen-bond acceptors (Lipinski definition) is 4. The number of carboxylic acids is 1. The number of aliphatic carboxylic acids is 1. The molecule has 108 valence electrons. The second-order valence-corrected chi connectivity index (χ2v) is 5.79. The number of fused-ring (bicyclic) bond motifs is 1. The Balaban J connectivity index is 1.63. The van der Waals surface area contributed by atoms with E-state index in [1.807, 2.05) is 18.2 Å². The molecular formula is C15H14N2O4. The summed E-state index contributed by atoms with van der Waals surface area (Å²) in [7, 11) is 0. The summed E-state index contributed by atoms with van der Waals surface area (Å²) >= 11 is 0. The van der Waals surface area contributed by atoms with Gasteiger partial charge in [-0.25, -0.2) is 0 Å². The molecule has 4 atom stereocenters. The van der Waals surface area contributed by atoms with Crippen LogP contribution in [-0.4, -0.2) is 45.1 Å². The average Bonchev–Trinajstić information content (AvgIpc) is 3.09. The van der Waals surface area contributed by atoms with Crippen LogP contribution in [0.4, 0.5) is 0 Å². The average molecular weight is 286 g/mol. The van der Waals surface area contributed by atoms with Crippen LogP contribution in [0.5, 0.6) is 0 Å². The molecule has 1 aromatic rings. The monoisotopic (exact) mass is 286 g/mol. The number of nitrogens with zero attached hydrogens (tertiary/aromatic N) is 2. The smallest absolute Gasteiger partial charge is 0.310 e. The molecule has 3 aliphatic rings. The maximum Gasteiger partial charge on any atom is 0.310 e. The Kier molecular flexibility index (Phi) is 2.47. The Bertz CT molecular complexity index is 644. The first kappa shape index (κ1) is 12.5. The highest BCUT2D eigenvalue weighted by Gasteiger charge is 2.66. The Morgan fingerprint density at radius 1 is 1.48 bits per heavy atom. The summed E-state index contributed by atoms with van der Waals surface area (Å²) in [6, 6.07) is 3.70. The van der Waals surface area contributed by atoms with E-state index in [2.05, 4.69) is 4.98 Å². The van der Waals surface area contributed by atoms with E-state index in [-0.39, 0.29) is 5.91 Å². The molecule has 1 aromatic heterocycles. The lowest BCUT2D eigenvalue weighted by molar-refractivity contribution is -0.148. The van der Waals surface area contributed by atoms with Gasteiger partial charge < -0.3 is 14.7 Å². The molecule has 0 radical (unpaired) electrons. The molecule has 2 saturated heterocycles. The normalized spacial score (nSPS) is 36.3. The van der Waals surface area contributed by atoms with Crippen LogP contribution in [0.1, 0.15) is 5.56 Å². The van der Waals surface area contributed by atoms with Gasteiger partial charge in [0.25, 0.3) is 0 Å². The number of carboxylic acid groups (broad SMARTS) is 1. The zero-order valence-electron chi connectivity index (χ0n) is 11.2. The number of likely N-dealkylation sites (tertiary alicyclic amines) is 1. The largest absolute Gasteiger partial charge is 0.481 e. The summed E-state index contributed by atoms with van der Waals surface area (Å²) in [5, 5.41) is 9.38. The molecule has 0 unspecified atom stereocenters. The van der Waals surface area contributed by atoms with Crippen LogP contribution in [-0.2, 0) is 20.9 Å². The number of carbonyl (C=O) groups excluding carboxylic acids is 1. The quantitative estimate of drug-likeness (QED) is 0.816. The van der Waals surface area contributed by atoms with Crippen molar-refractivity contribution in [3.05, 3.63) is 42.2 Å². The fourth-order valence-electron chi connectivity index (χ4n) is 3.70. The molecule has 2 bridgehead atoms. The second kappa shape index (κ2) is 4.14. The van der Waals surface area contributed by atoms with Gasteiger partial charge in [0.05, 0.1) is 18.6 Å². The molecule has 4 rings (SSSR count). The third kappa shape index (κ3) is 1.65. The number of hydrogen-bond donors (Lipinski definition) is 1. The summed E-state index contributed by atoms with van der Waals surface area (Å²) < 4.78 is 5.83. The second-order valence-electron chi connectivity index (χ2n) is 5.79. The standard InChI is InChI=1S/C15H14N2O4/c18-13-12-11(14(19)20)10-1-4-15(12,21-10)8-17(13)7-9-2-5-16-6-3-9/h1-6,10-12H,7-8H2,(H,19,20)/t10-,11-,12+,15+/m1/s1. The first-order valence-corrected chi connectivity index (χ1v) is 6.88. The van der Waals surface area contributed by atoms with Crippen molar-refractivity contribution >= 4 is 11.9 Å². The van der Waals surface area contributed by atoms with Crippen LogP contribution in [0, 0.1) is 11.8 Å². The lowest BCUT2D eigenvalue weighted by Crippen LogP contribution is -2.39. The zero-order chi connectivity index (χ0) is 14.6. The van der Waals surface area contributed by atoms with Gasteiger partial charge in [-0.3, -0.25) is 14.6 Å². The van der Waals surface area contributed by atoms with Gasteiger partial charge in [-0.05, 0) is 17.7 Å². The van der Waals surface area contributed by atoms with Crippen molar-refractivity contribution in [3.63, 3.8) is 0 Å². The van der Waals surface area contributed by atoms with Crippen LogP contribution in [0.25, 0.3) is 0 Å². The molecular weight excluding hydrogens is 272 g/mol. The summed E-state index contributed by atoms with van der Waals surface area (Å²) in [6.45, 7) is 0.864. The lowest BCUT2D eigenvalue weighted by atomic mass is 9.77. The number of amides is 1. The van der Waals surface area contributed by atoms with Crippen molar-refractivity contribution in [3.8, 4) is 0 Å². The molecule has 1 amide bonds. The summed E-state index contributed by atoms with van der Waals surface area (Å²) in [4.78, 5) is 29.7. The van der Waals surface area contributed by atoms with Crippen LogP contribution >= 0.6 is 0 Å². The fraction of sp³-hybridized carbons (Fsp3) is 0.400. The molecule has 0 saturated carbocycles. The van der Waals surface area contributed by atoms with E-state index >= 15 is 0 Å². The molecule has 21 heavy (non-hydrogen) atoms. The molecule has 1 N–H and O–H groups in total. The van der Waals surface area contributed by atoms with E-state index in [1.54, 1.807) is 23.4 Å². The maximum atomic E-state index is 12.6. The van der Waals surface area contributed by atoms with Crippen molar-refractivity contribution in [2.45, 2.75) is 18.2 Å². The predicted octanol–water partition coefficient (Wildman–Crippen LogP) is 0.448. The van der Waals surface area contributed by atoms with Gasteiger partial charge in [-0.1, -0.05) is 12.2 Å². The number of carbonyl (C=O) groups is 2. The van der Waals surface area contributed by atoms with Gasteiger partial charge in [0.2, 0.25) is 5.91 Å². The van der Waals surface area contributed by atoms with Gasteiger partial charge in [-0.15, -0.1) is 0 Å². The molecule has 3 aliphatic heterocycles. The van der Waals surface area contributed by atoms with Crippen molar-refractivity contribution in [1.29, 1.82) is 0 Å². The predicted molar refractivity (Wildman–Crippen MR) is 71.0 cm³/mol. The Morgan fingerprint density at radius 3 is 2.95 bits per heavy atom. The van der Waals surface area contributed by atoms with Gasteiger partial charge in [-0.2, -0.15) is 0 Å². The van der Waals surface area contributed by atoms with Crippen molar-refractivity contribution < 1.29 is 19.4 Å². The Morgan fingerprint density at radius 2 is 2.24 bits per heavy atom. The first-order chi connectivity index (χ1) is 10.1. The minimum atomic E-state index is -0.963. The minimum absolute atomic E-state index is 0.133. The zero-order valence-corrected chi connectivity index (χ0v) is 11.2. The van der Waals surface area contributed by atoms with Crippen LogP contribution in [0.2, 0.25) is 0 Å². The number of pyridine rings is 1. The van der Waals surface area contributed by atoms with Crippen molar-refractivity contribution in [1.82, 2.24) is 9.88 Å². The number of ether oxygens (including phenoxy) is 1. The molecule has 4 heterocycles. The third-order valence-electron chi connectivity index (χ3n) is 4.59. The van der Waals surface area contributed by atoms with Crippen molar-refractivity contribution in [2.24, 2.45) is 11.8 Å². The van der Waals surface area contributed by atoms with E-state index in [1.165, 1.54) is 0 Å². The highest BCUT2D eigenvalue weighted by molar-refractivity contribution is 5.90. The van der Waals surface area contributed by atoms with Crippen LogP contribution in [0.3, 0.4) is 0 Å². The third-order valence-corrected chi connectivity index (χ3v) is 4.59. The fourth-order valence-corrected chi connectivity index (χ4v) is 3.70. The van der Waals surface area contributed by atoms with E-state index in [9.17, 15) is 14.7 Å². The molecule has 6 nitrogen and oxygen atoms in total. The Hall–Kier alpha value is -2.21. The van der Waals surface area contributed by atoms with Crippen molar-refractivity contribution in [2.75, 3.05) is 6.54 Å². The molecule has 6 heteroatoms. The minimum Gasteiger partial charge on any atom is -0.481 e. The highest BCUT2D eigenvalue weighted by Crippen LogP contribution is 2.52. The number of aromatic nitrogens is 1. The summed E-state index contributed by atoms with van der Waals surface area (Å²) in [5.41, 5.74) is 0.220. The van der Waals surface area contributed by atoms with Crippen LogP contribution in [0.15, 0.2) is 36.7 Å². The molecule has 0 aliphatic carbocycles. The number of rotatable bonds is 3. The van der Waals surface area contributed by atoms with Crippen LogP contribution < -0.4 is 0 Å². The highest BCUT2D eigenvalue weighted by atomic mass is 16.5. The maximum absolute atomic E-state index is 12.6. The molecule has 0 aromatic carbocycles. The Labute approximate surface area is 121 Å². The van der Waals surface area contributed by atoms with Gasteiger partial charge in [0.15, 0.2) is 0 Å². The summed E-state index contributed by atoms with van der Waals surface area (Å²) in [5.74, 6) is -2.47. The molecule has 1 spiro atoms. The SMILES string of the molecule is O=C(O)[C@H]1[C@H]2C(=O)N(Cc3ccncc3)C[C@@]23C=C[C@H]1O3. The van der Waals surface area contributed by atoms with Gasteiger partial charge in [0.1, 0.15) is 11.5 Å². The van der Waals surface area contributed by atoms with E-state index in [0.29, 0.717) is 13.1 Å². The lowest BCUT2D eigenvalue weighted by Gasteiger charge is -2.21. The van der Waals surface area contributed by atoms with Gasteiger partial charge in [0, 0.05) is 18.9 Å². The van der Waals surface area contributed by atoms with E-state index in [4.69, 9.17) is 4.74 Å². The first-order valence-electron chi connectivity index (χ1n) is 6.88.